The molecule has 0 amide bonds. The van der Waals surface area contributed by atoms with Crippen molar-refractivity contribution in [1.29, 1.82) is 0 Å². The predicted octanol–water partition coefficient (Wildman–Crippen LogP) is 2.36. The largest absolute Gasteiger partial charge is 0.424 e. The van der Waals surface area contributed by atoms with Crippen molar-refractivity contribution in [3.63, 3.8) is 0 Å². The van der Waals surface area contributed by atoms with Crippen LogP contribution in [-0.2, 0) is 7.05 Å². The van der Waals surface area contributed by atoms with Gasteiger partial charge in [-0.05, 0) is 18.2 Å². The van der Waals surface area contributed by atoms with E-state index in [-0.39, 0.29) is 6.01 Å². The van der Waals surface area contributed by atoms with Gasteiger partial charge in [-0.3, -0.25) is 0 Å². The van der Waals surface area contributed by atoms with Crippen LogP contribution in [-0.4, -0.2) is 24.7 Å². The first-order valence-electron chi connectivity index (χ1n) is 7.23. The zero-order valence-electron chi connectivity index (χ0n) is 13.1. The molecular formula is C15H17N7O. The summed E-state index contributed by atoms with van der Waals surface area (Å²) in [5, 5.41) is 5.20. The van der Waals surface area contributed by atoms with E-state index >= 15 is 0 Å². The smallest absolute Gasteiger partial charge is 0.292 e. The van der Waals surface area contributed by atoms with Crippen molar-refractivity contribution >= 4 is 34.0 Å². The van der Waals surface area contributed by atoms with E-state index in [0.29, 0.717) is 28.3 Å². The highest BCUT2D eigenvalue weighted by molar-refractivity contribution is 5.99. The third kappa shape index (κ3) is 2.33. The third-order valence-electron chi connectivity index (χ3n) is 3.33. The lowest BCUT2D eigenvalue weighted by Gasteiger charge is -1.99. The van der Waals surface area contributed by atoms with Crippen molar-refractivity contribution in [2.75, 3.05) is 11.5 Å². The Hall–Kier alpha value is -3.16. The average Bonchev–Trinajstić information content (AvgIpc) is 3.09. The number of rotatable bonds is 1. The topological polar surface area (TPSA) is 122 Å². The SMILES string of the molecule is CC.Cn1nc(-c2ccc3oc(N)nc3c2)c2c(N)ncnc21. The van der Waals surface area contributed by atoms with Crippen LogP contribution >= 0.6 is 0 Å². The standard InChI is InChI=1S/C13H11N7O.C2H6/c1-20-12-9(11(14)16-5-17-12)10(19-20)6-2-3-8-7(4-6)18-13(15)21-8;1-2/h2-5H,1H3,(H2,15,18)(H2,14,16,17);1-2H3. The van der Waals surface area contributed by atoms with Crippen molar-refractivity contribution in [2.24, 2.45) is 7.05 Å². The number of anilines is 2. The van der Waals surface area contributed by atoms with Gasteiger partial charge in [0.25, 0.3) is 6.01 Å². The number of hydrogen-bond donors (Lipinski definition) is 2. The summed E-state index contributed by atoms with van der Waals surface area (Å²) in [6.45, 7) is 4.00. The van der Waals surface area contributed by atoms with E-state index in [4.69, 9.17) is 15.9 Å². The Morgan fingerprint density at radius 2 is 1.91 bits per heavy atom. The lowest BCUT2D eigenvalue weighted by atomic mass is 10.1. The average molecular weight is 311 g/mol. The first-order valence-corrected chi connectivity index (χ1v) is 7.23. The monoisotopic (exact) mass is 311 g/mol. The molecule has 4 rings (SSSR count). The van der Waals surface area contributed by atoms with Crippen LogP contribution < -0.4 is 11.5 Å². The van der Waals surface area contributed by atoms with Crippen LogP contribution in [0.1, 0.15) is 13.8 Å². The highest BCUT2D eigenvalue weighted by Crippen LogP contribution is 2.31. The molecule has 0 saturated carbocycles. The lowest BCUT2D eigenvalue weighted by molar-refractivity contribution is 0.626. The maximum absolute atomic E-state index is 5.97. The van der Waals surface area contributed by atoms with Crippen LogP contribution in [0.15, 0.2) is 28.9 Å². The number of benzene rings is 1. The summed E-state index contributed by atoms with van der Waals surface area (Å²) in [4.78, 5) is 12.4. The number of aromatic nitrogens is 5. The highest BCUT2D eigenvalue weighted by atomic mass is 16.4. The lowest BCUT2D eigenvalue weighted by Crippen LogP contribution is -1.95. The van der Waals surface area contributed by atoms with Gasteiger partial charge in [0, 0.05) is 12.6 Å². The summed E-state index contributed by atoms with van der Waals surface area (Å²) in [7, 11) is 1.81. The maximum Gasteiger partial charge on any atom is 0.292 e. The van der Waals surface area contributed by atoms with E-state index in [1.165, 1.54) is 6.33 Å². The number of hydrogen-bond acceptors (Lipinski definition) is 7. The molecule has 3 aromatic heterocycles. The minimum atomic E-state index is 0.135. The zero-order chi connectivity index (χ0) is 16.6. The van der Waals surface area contributed by atoms with Gasteiger partial charge in [0.2, 0.25) is 0 Å². The molecule has 3 heterocycles. The van der Waals surface area contributed by atoms with Crippen molar-refractivity contribution in [3.8, 4) is 11.3 Å². The zero-order valence-corrected chi connectivity index (χ0v) is 13.1. The van der Waals surface area contributed by atoms with Crippen molar-refractivity contribution in [1.82, 2.24) is 24.7 Å². The predicted molar refractivity (Wildman–Crippen MR) is 89.5 cm³/mol. The van der Waals surface area contributed by atoms with Crippen molar-refractivity contribution in [3.05, 3.63) is 24.5 Å². The fourth-order valence-electron chi connectivity index (χ4n) is 2.40. The first-order chi connectivity index (χ1) is 11.1. The highest BCUT2D eigenvalue weighted by Gasteiger charge is 2.16. The van der Waals surface area contributed by atoms with Gasteiger partial charge < -0.3 is 15.9 Å². The Bertz CT molecular complexity index is 986. The van der Waals surface area contributed by atoms with Gasteiger partial charge in [-0.25, -0.2) is 14.6 Å². The number of fused-ring (bicyclic) bond motifs is 2. The fraction of sp³-hybridized carbons (Fsp3) is 0.200. The molecule has 0 radical (unpaired) electrons. The number of oxazole rings is 1. The van der Waals surface area contributed by atoms with E-state index in [1.807, 2.05) is 33.0 Å². The van der Waals surface area contributed by atoms with Gasteiger partial charge in [0.1, 0.15) is 23.4 Å². The Morgan fingerprint density at radius 3 is 2.70 bits per heavy atom. The summed E-state index contributed by atoms with van der Waals surface area (Å²) in [5.41, 5.74) is 15.0. The maximum atomic E-state index is 5.97. The van der Waals surface area contributed by atoms with Crippen LogP contribution in [0.2, 0.25) is 0 Å². The van der Waals surface area contributed by atoms with E-state index in [0.717, 1.165) is 10.9 Å². The quantitative estimate of drug-likeness (QED) is 0.553. The summed E-state index contributed by atoms with van der Waals surface area (Å²) in [6, 6.07) is 5.66. The second-order valence-electron chi connectivity index (χ2n) is 4.66. The molecule has 8 heteroatoms. The number of nitrogen functional groups attached to an aromatic ring is 2. The van der Waals surface area contributed by atoms with Crippen molar-refractivity contribution in [2.45, 2.75) is 13.8 Å². The second kappa shape index (κ2) is 5.56. The Morgan fingerprint density at radius 1 is 1.13 bits per heavy atom. The molecular weight excluding hydrogens is 294 g/mol. The number of nitrogens with two attached hydrogens (primary N) is 2. The molecule has 4 N–H and O–H groups in total. The summed E-state index contributed by atoms with van der Waals surface area (Å²) >= 11 is 0. The minimum Gasteiger partial charge on any atom is -0.424 e. The molecule has 0 fully saturated rings. The normalized spacial score (nSPS) is 10.7. The Kier molecular flexibility index (Phi) is 3.57. The molecule has 0 atom stereocenters. The molecule has 0 spiro atoms. The molecule has 0 bridgehead atoms. The fourth-order valence-corrected chi connectivity index (χ4v) is 2.40. The van der Waals surface area contributed by atoms with E-state index < -0.39 is 0 Å². The van der Waals surface area contributed by atoms with Gasteiger partial charge in [-0.2, -0.15) is 10.1 Å². The molecule has 0 aliphatic heterocycles. The van der Waals surface area contributed by atoms with Crippen LogP contribution in [0.4, 0.5) is 11.8 Å². The Labute approximate surface area is 132 Å². The summed E-state index contributed by atoms with van der Waals surface area (Å²) in [5.74, 6) is 0.392. The van der Waals surface area contributed by atoms with E-state index in [1.54, 1.807) is 10.7 Å². The second-order valence-corrected chi connectivity index (χ2v) is 4.66. The van der Waals surface area contributed by atoms with Gasteiger partial charge in [0.05, 0.1) is 5.39 Å². The molecule has 1 aromatic carbocycles. The molecule has 0 aliphatic carbocycles. The van der Waals surface area contributed by atoms with Gasteiger partial charge in [0.15, 0.2) is 11.2 Å². The van der Waals surface area contributed by atoms with Gasteiger partial charge >= 0.3 is 0 Å². The summed E-state index contributed by atoms with van der Waals surface area (Å²) in [6.07, 6.45) is 1.42. The van der Waals surface area contributed by atoms with Gasteiger partial charge in [-0.1, -0.05) is 13.8 Å². The summed E-state index contributed by atoms with van der Waals surface area (Å²) < 4.78 is 6.94. The number of nitrogens with zero attached hydrogens (tertiary/aromatic N) is 5. The van der Waals surface area contributed by atoms with Crippen LogP contribution in [0, 0.1) is 0 Å². The molecule has 0 saturated heterocycles. The van der Waals surface area contributed by atoms with Crippen LogP contribution in [0.3, 0.4) is 0 Å². The third-order valence-corrected chi connectivity index (χ3v) is 3.33. The molecule has 8 nitrogen and oxygen atoms in total. The molecule has 4 aromatic rings. The molecule has 0 aliphatic rings. The van der Waals surface area contributed by atoms with E-state index in [9.17, 15) is 0 Å². The van der Waals surface area contributed by atoms with Gasteiger partial charge in [-0.15, -0.1) is 0 Å². The number of aryl methyl sites for hydroxylation is 1. The molecule has 118 valence electrons. The van der Waals surface area contributed by atoms with Crippen LogP contribution in [0.25, 0.3) is 33.4 Å². The molecule has 0 unspecified atom stereocenters. The van der Waals surface area contributed by atoms with Crippen LogP contribution in [0.5, 0.6) is 0 Å². The molecule has 23 heavy (non-hydrogen) atoms. The van der Waals surface area contributed by atoms with Crippen molar-refractivity contribution < 1.29 is 4.42 Å². The van der Waals surface area contributed by atoms with E-state index in [2.05, 4.69) is 20.1 Å². The minimum absolute atomic E-state index is 0.135. The Balaban J connectivity index is 0.000000753. The first kappa shape index (κ1) is 14.8.